The van der Waals surface area contributed by atoms with Crippen molar-refractivity contribution in [2.75, 3.05) is 0 Å². The van der Waals surface area contributed by atoms with Crippen LogP contribution in [-0.4, -0.2) is 28.8 Å². The lowest BCUT2D eigenvalue weighted by molar-refractivity contribution is -0.156. The third kappa shape index (κ3) is 2.58. The highest BCUT2D eigenvalue weighted by molar-refractivity contribution is 6.19. The van der Waals surface area contributed by atoms with Crippen LogP contribution in [0.4, 0.5) is 4.79 Å². The zero-order valence-electron chi connectivity index (χ0n) is 13.3. The van der Waals surface area contributed by atoms with Crippen LogP contribution in [0, 0.1) is 11.3 Å². The molecule has 1 unspecified atom stereocenters. The van der Waals surface area contributed by atoms with Gasteiger partial charge in [-0.15, -0.1) is 0 Å². The van der Waals surface area contributed by atoms with E-state index in [-0.39, 0.29) is 23.8 Å². The van der Waals surface area contributed by atoms with Crippen molar-refractivity contribution >= 4 is 17.8 Å². The summed E-state index contributed by atoms with van der Waals surface area (Å²) in [7, 11) is 0. The molecule has 0 radical (unpaired) electrons. The number of amides is 4. The molecule has 2 fully saturated rings. The summed E-state index contributed by atoms with van der Waals surface area (Å²) in [5, 5.41) is 2.43. The predicted octanol–water partition coefficient (Wildman–Crippen LogP) is 2.84. The Morgan fingerprint density at radius 2 is 1.67 bits per heavy atom. The van der Waals surface area contributed by atoms with Crippen molar-refractivity contribution < 1.29 is 14.4 Å². The van der Waals surface area contributed by atoms with E-state index in [1.165, 1.54) is 4.90 Å². The van der Waals surface area contributed by atoms with Crippen LogP contribution in [-0.2, 0) is 9.59 Å². The van der Waals surface area contributed by atoms with Crippen LogP contribution in [0.5, 0.6) is 0 Å². The van der Waals surface area contributed by atoms with Crippen LogP contribution in [0.2, 0.25) is 0 Å². The van der Waals surface area contributed by atoms with Crippen LogP contribution in [0.3, 0.4) is 0 Å². The summed E-state index contributed by atoms with van der Waals surface area (Å²) in [5.41, 5.74) is -0.994. The van der Waals surface area contributed by atoms with Gasteiger partial charge in [-0.1, -0.05) is 46.0 Å². The van der Waals surface area contributed by atoms with Gasteiger partial charge in [0.15, 0.2) is 0 Å². The van der Waals surface area contributed by atoms with Crippen molar-refractivity contribution in [3.63, 3.8) is 0 Å². The smallest absolute Gasteiger partial charge is 0.277 e. The van der Waals surface area contributed by atoms with E-state index >= 15 is 0 Å². The van der Waals surface area contributed by atoms with Crippen molar-refractivity contribution in [2.24, 2.45) is 11.3 Å². The van der Waals surface area contributed by atoms with Crippen LogP contribution >= 0.6 is 0 Å². The van der Waals surface area contributed by atoms with E-state index in [0.717, 1.165) is 32.1 Å². The van der Waals surface area contributed by atoms with E-state index in [1.807, 2.05) is 6.92 Å². The fourth-order valence-corrected chi connectivity index (χ4v) is 3.84. The first-order valence-corrected chi connectivity index (χ1v) is 8.17. The maximum atomic E-state index is 12.9. The van der Waals surface area contributed by atoms with Gasteiger partial charge >= 0.3 is 6.03 Å². The quantitative estimate of drug-likeness (QED) is 0.811. The Kier molecular flexibility index (Phi) is 4.69. The second kappa shape index (κ2) is 6.16. The lowest BCUT2D eigenvalue weighted by Gasteiger charge is -2.44. The number of imide groups is 2. The molecule has 2 aliphatic rings. The fourth-order valence-electron chi connectivity index (χ4n) is 3.84. The minimum Gasteiger partial charge on any atom is -0.277 e. The molecular formula is C16H26N2O3. The SMILES string of the molecule is CCC(CC)C(C)N1C(=O)NC(=O)C2(CCCCC2)C1=O. The maximum absolute atomic E-state index is 12.9. The molecule has 5 heteroatoms. The zero-order chi connectivity index (χ0) is 15.6. The first-order valence-electron chi connectivity index (χ1n) is 8.17. The molecule has 1 saturated heterocycles. The van der Waals surface area contributed by atoms with Gasteiger partial charge in [0, 0.05) is 6.04 Å². The number of carbonyl (C=O) groups is 3. The minimum atomic E-state index is -0.994. The summed E-state index contributed by atoms with van der Waals surface area (Å²) in [4.78, 5) is 38.8. The first kappa shape index (κ1) is 16.0. The van der Waals surface area contributed by atoms with Crippen molar-refractivity contribution in [1.29, 1.82) is 0 Å². The Labute approximate surface area is 126 Å². The van der Waals surface area contributed by atoms with Crippen molar-refractivity contribution in [3.8, 4) is 0 Å². The lowest BCUT2D eigenvalue weighted by Crippen LogP contribution is -2.66. The van der Waals surface area contributed by atoms with Crippen LogP contribution in [0.1, 0.15) is 65.7 Å². The fraction of sp³-hybridized carbons (Fsp3) is 0.812. The molecule has 1 saturated carbocycles. The van der Waals surface area contributed by atoms with Gasteiger partial charge in [-0.3, -0.25) is 19.8 Å². The number of urea groups is 1. The number of nitrogens with zero attached hydrogens (tertiary/aromatic N) is 1. The van der Waals surface area contributed by atoms with Crippen molar-refractivity contribution in [1.82, 2.24) is 10.2 Å². The number of nitrogens with one attached hydrogen (secondary N) is 1. The van der Waals surface area contributed by atoms with Gasteiger partial charge in [0.05, 0.1) is 0 Å². The summed E-state index contributed by atoms with van der Waals surface area (Å²) in [6.45, 7) is 6.05. The monoisotopic (exact) mass is 294 g/mol. The number of rotatable bonds is 4. The molecule has 4 amide bonds. The van der Waals surface area contributed by atoms with E-state index in [4.69, 9.17) is 0 Å². The highest BCUT2D eigenvalue weighted by Crippen LogP contribution is 2.41. The topological polar surface area (TPSA) is 66.5 Å². The van der Waals surface area contributed by atoms with E-state index < -0.39 is 11.4 Å². The Morgan fingerprint density at radius 1 is 1.10 bits per heavy atom. The second-order valence-corrected chi connectivity index (χ2v) is 6.39. The molecule has 1 aliphatic carbocycles. The number of barbiturate groups is 1. The maximum Gasteiger partial charge on any atom is 0.331 e. The normalized spacial score (nSPS) is 23.6. The summed E-state index contributed by atoms with van der Waals surface area (Å²) in [6.07, 6.45) is 5.76. The Morgan fingerprint density at radius 3 is 2.19 bits per heavy atom. The molecule has 0 aromatic rings. The van der Waals surface area contributed by atoms with Gasteiger partial charge in [0.1, 0.15) is 5.41 Å². The molecule has 0 bridgehead atoms. The Balaban J connectivity index is 2.31. The zero-order valence-corrected chi connectivity index (χ0v) is 13.3. The molecule has 21 heavy (non-hydrogen) atoms. The van der Waals surface area contributed by atoms with Crippen LogP contribution in [0.25, 0.3) is 0 Å². The molecule has 0 aromatic carbocycles. The van der Waals surface area contributed by atoms with Gasteiger partial charge in [0.2, 0.25) is 11.8 Å². The van der Waals surface area contributed by atoms with Crippen LogP contribution < -0.4 is 5.32 Å². The van der Waals surface area contributed by atoms with Gasteiger partial charge in [-0.05, 0) is 25.7 Å². The first-order chi connectivity index (χ1) is 9.97. The molecule has 1 heterocycles. The minimum absolute atomic E-state index is 0.167. The molecule has 1 aliphatic heterocycles. The highest BCUT2D eigenvalue weighted by Gasteiger charge is 2.55. The molecule has 1 spiro atoms. The summed E-state index contributed by atoms with van der Waals surface area (Å²) < 4.78 is 0. The number of hydrogen-bond acceptors (Lipinski definition) is 3. The van der Waals surface area contributed by atoms with Crippen LogP contribution in [0.15, 0.2) is 0 Å². The molecule has 2 rings (SSSR count). The largest absolute Gasteiger partial charge is 0.331 e. The molecule has 1 atom stereocenters. The second-order valence-electron chi connectivity index (χ2n) is 6.39. The molecule has 118 valence electrons. The van der Waals surface area contributed by atoms with Gasteiger partial charge in [-0.25, -0.2) is 4.79 Å². The average Bonchev–Trinajstić information content (AvgIpc) is 2.48. The van der Waals surface area contributed by atoms with Crippen molar-refractivity contribution in [3.05, 3.63) is 0 Å². The third-order valence-electron chi connectivity index (χ3n) is 5.35. The van der Waals surface area contributed by atoms with Gasteiger partial charge < -0.3 is 0 Å². The number of hydrogen-bond donors (Lipinski definition) is 1. The van der Waals surface area contributed by atoms with E-state index in [9.17, 15) is 14.4 Å². The molecule has 0 aromatic heterocycles. The molecular weight excluding hydrogens is 268 g/mol. The molecule has 5 nitrogen and oxygen atoms in total. The van der Waals surface area contributed by atoms with E-state index in [2.05, 4.69) is 19.2 Å². The Bertz CT molecular complexity index is 437. The summed E-state index contributed by atoms with van der Waals surface area (Å²) in [5.74, 6) is -0.380. The van der Waals surface area contributed by atoms with E-state index in [1.54, 1.807) is 0 Å². The highest BCUT2D eigenvalue weighted by atomic mass is 16.2. The Hall–Kier alpha value is -1.39. The third-order valence-corrected chi connectivity index (χ3v) is 5.35. The van der Waals surface area contributed by atoms with E-state index in [0.29, 0.717) is 12.8 Å². The lowest BCUT2D eigenvalue weighted by atomic mass is 9.71. The van der Waals surface area contributed by atoms with Crippen molar-refractivity contribution in [2.45, 2.75) is 71.8 Å². The average molecular weight is 294 g/mol. The van der Waals surface area contributed by atoms with Gasteiger partial charge in [0.25, 0.3) is 0 Å². The molecule has 1 N–H and O–H groups in total. The standard InChI is InChI=1S/C16H26N2O3/c1-4-12(5-2)11(3)18-14(20)16(9-7-6-8-10-16)13(19)17-15(18)21/h11-12H,4-10H2,1-3H3,(H,17,19,21). The summed E-state index contributed by atoms with van der Waals surface area (Å²) in [6, 6.07) is -0.708. The number of carbonyl (C=O) groups excluding carboxylic acids is 3. The predicted molar refractivity (Wildman–Crippen MR) is 79.4 cm³/mol. The van der Waals surface area contributed by atoms with Gasteiger partial charge in [-0.2, -0.15) is 0 Å². The summed E-state index contributed by atoms with van der Waals surface area (Å²) >= 11 is 0.